The minimum Gasteiger partial charge on any atom is -0.361 e. The molecular formula is C27H27N3. The number of aromatic nitrogens is 2. The number of fused-ring (bicyclic) bond motifs is 2. The fourth-order valence-electron chi connectivity index (χ4n) is 4.39. The van der Waals surface area contributed by atoms with Crippen molar-refractivity contribution in [1.29, 1.82) is 0 Å². The van der Waals surface area contributed by atoms with Crippen molar-refractivity contribution in [1.82, 2.24) is 14.9 Å². The first-order valence-electron chi connectivity index (χ1n) is 10.7. The number of nitrogens with one attached hydrogen (secondary N) is 2. The molecule has 30 heavy (non-hydrogen) atoms. The van der Waals surface area contributed by atoms with Crippen LogP contribution in [0.15, 0.2) is 85.2 Å². The van der Waals surface area contributed by atoms with Gasteiger partial charge in [-0.2, -0.15) is 0 Å². The number of benzene rings is 3. The van der Waals surface area contributed by atoms with Gasteiger partial charge in [0.15, 0.2) is 0 Å². The van der Waals surface area contributed by atoms with Gasteiger partial charge in [-0.15, -0.1) is 0 Å². The molecule has 2 N–H and O–H groups in total. The number of H-pyrrole nitrogens is 1. The molecule has 0 bridgehead atoms. The predicted octanol–water partition coefficient (Wildman–Crippen LogP) is 5.81. The van der Waals surface area contributed by atoms with Crippen LogP contribution in [0.25, 0.3) is 21.8 Å². The number of nitrogens with zero attached hydrogens (tertiary/aromatic N) is 1. The van der Waals surface area contributed by atoms with Gasteiger partial charge in [-0.25, -0.2) is 0 Å². The Hall–Kier alpha value is -3.30. The van der Waals surface area contributed by atoms with Gasteiger partial charge in [0.1, 0.15) is 0 Å². The van der Waals surface area contributed by atoms with Crippen molar-refractivity contribution in [2.45, 2.75) is 26.4 Å². The van der Waals surface area contributed by atoms with E-state index in [0.717, 1.165) is 26.1 Å². The maximum Gasteiger partial charge on any atom is 0.0486 e. The molecule has 0 atom stereocenters. The van der Waals surface area contributed by atoms with Crippen LogP contribution in [0.4, 0.5) is 0 Å². The Bertz CT molecular complexity index is 1290. The summed E-state index contributed by atoms with van der Waals surface area (Å²) >= 11 is 0. The number of hydrogen-bond acceptors (Lipinski definition) is 1. The Morgan fingerprint density at radius 2 is 1.70 bits per heavy atom. The Balaban J connectivity index is 1.30. The van der Waals surface area contributed by atoms with Gasteiger partial charge in [0.25, 0.3) is 0 Å². The number of para-hydroxylation sites is 2. The molecule has 3 heteroatoms. The second kappa shape index (κ2) is 8.21. The molecule has 0 radical (unpaired) electrons. The summed E-state index contributed by atoms with van der Waals surface area (Å²) < 4.78 is 2.38. The largest absolute Gasteiger partial charge is 0.361 e. The first-order valence-corrected chi connectivity index (χ1v) is 10.7. The molecule has 2 aromatic heterocycles. The zero-order valence-corrected chi connectivity index (χ0v) is 17.4. The lowest BCUT2D eigenvalue weighted by Crippen LogP contribution is -2.16. The highest BCUT2D eigenvalue weighted by atomic mass is 15.0. The van der Waals surface area contributed by atoms with Crippen LogP contribution in [-0.2, 0) is 19.5 Å². The third kappa shape index (κ3) is 3.77. The van der Waals surface area contributed by atoms with Crippen molar-refractivity contribution in [3.8, 4) is 0 Å². The average Bonchev–Trinajstić information content (AvgIpc) is 3.33. The van der Waals surface area contributed by atoms with E-state index < -0.39 is 0 Å². The molecule has 5 aromatic rings. The smallest absolute Gasteiger partial charge is 0.0486 e. The minimum absolute atomic E-state index is 0.879. The van der Waals surface area contributed by atoms with Crippen molar-refractivity contribution in [2.24, 2.45) is 0 Å². The van der Waals surface area contributed by atoms with Gasteiger partial charge in [-0.05, 0) is 48.7 Å². The third-order valence-electron chi connectivity index (χ3n) is 5.87. The van der Waals surface area contributed by atoms with Crippen molar-refractivity contribution in [3.05, 3.63) is 107 Å². The summed E-state index contributed by atoms with van der Waals surface area (Å²) in [5.41, 5.74) is 7.90. The average molecular weight is 394 g/mol. The summed E-state index contributed by atoms with van der Waals surface area (Å²) in [5, 5.41) is 6.32. The number of aromatic amines is 1. The fraction of sp³-hybridized carbons (Fsp3) is 0.185. The van der Waals surface area contributed by atoms with Crippen LogP contribution in [0.2, 0.25) is 0 Å². The van der Waals surface area contributed by atoms with Gasteiger partial charge in [0.05, 0.1) is 0 Å². The SMILES string of the molecule is Cc1cccc(Cn2cc(CNCCc3c[nH]c4ccccc34)c3ccccc32)c1. The summed E-state index contributed by atoms with van der Waals surface area (Å²) in [5.74, 6) is 0. The predicted molar refractivity (Wildman–Crippen MR) is 126 cm³/mol. The van der Waals surface area contributed by atoms with E-state index in [1.807, 2.05) is 0 Å². The number of aryl methyl sites for hydroxylation is 1. The van der Waals surface area contributed by atoms with Crippen LogP contribution in [0.5, 0.6) is 0 Å². The zero-order chi connectivity index (χ0) is 20.3. The number of hydrogen-bond donors (Lipinski definition) is 2. The lowest BCUT2D eigenvalue weighted by Gasteiger charge is -2.06. The van der Waals surface area contributed by atoms with Crippen molar-refractivity contribution < 1.29 is 0 Å². The highest BCUT2D eigenvalue weighted by molar-refractivity contribution is 5.84. The Kier molecular flexibility index (Phi) is 5.12. The zero-order valence-electron chi connectivity index (χ0n) is 17.4. The van der Waals surface area contributed by atoms with E-state index in [1.54, 1.807) is 0 Å². The molecule has 0 unspecified atom stereocenters. The van der Waals surface area contributed by atoms with Crippen molar-refractivity contribution >= 4 is 21.8 Å². The highest BCUT2D eigenvalue weighted by Crippen LogP contribution is 2.23. The Morgan fingerprint density at radius 1 is 0.867 bits per heavy atom. The molecule has 0 amide bonds. The molecule has 0 fully saturated rings. The van der Waals surface area contributed by atoms with E-state index >= 15 is 0 Å². The molecule has 0 saturated heterocycles. The van der Waals surface area contributed by atoms with Gasteiger partial charge in [-0.1, -0.05) is 66.2 Å². The lowest BCUT2D eigenvalue weighted by molar-refractivity contribution is 0.688. The maximum absolute atomic E-state index is 3.66. The van der Waals surface area contributed by atoms with E-state index in [2.05, 4.69) is 107 Å². The second-order valence-corrected chi connectivity index (χ2v) is 8.07. The topological polar surface area (TPSA) is 32.8 Å². The quantitative estimate of drug-likeness (QED) is 0.336. The summed E-state index contributed by atoms with van der Waals surface area (Å²) in [4.78, 5) is 3.37. The maximum atomic E-state index is 3.66. The molecule has 0 aliphatic carbocycles. The summed E-state index contributed by atoms with van der Waals surface area (Å²) in [6, 6.07) is 26.0. The van der Waals surface area contributed by atoms with Crippen LogP contribution in [-0.4, -0.2) is 16.1 Å². The molecule has 3 aromatic carbocycles. The summed E-state index contributed by atoms with van der Waals surface area (Å²) in [6.45, 7) is 4.89. The monoisotopic (exact) mass is 393 g/mol. The van der Waals surface area contributed by atoms with E-state index in [1.165, 1.54) is 44.1 Å². The van der Waals surface area contributed by atoms with E-state index in [4.69, 9.17) is 0 Å². The molecule has 150 valence electrons. The lowest BCUT2D eigenvalue weighted by atomic mass is 10.1. The van der Waals surface area contributed by atoms with Crippen LogP contribution >= 0.6 is 0 Å². The minimum atomic E-state index is 0.879. The van der Waals surface area contributed by atoms with E-state index in [-0.39, 0.29) is 0 Å². The standard InChI is InChI=1S/C27H27N3/c1-20-7-6-8-21(15-20)18-30-19-23(25-10-3-5-12-27(25)30)16-28-14-13-22-17-29-26-11-4-2-9-24(22)26/h2-12,15,17,19,28-29H,13-14,16,18H2,1H3. The second-order valence-electron chi connectivity index (χ2n) is 8.07. The third-order valence-corrected chi connectivity index (χ3v) is 5.87. The first kappa shape index (κ1) is 18.7. The Morgan fingerprint density at radius 3 is 2.60 bits per heavy atom. The van der Waals surface area contributed by atoms with Gasteiger partial charge in [0.2, 0.25) is 0 Å². The molecular weight excluding hydrogens is 366 g/mol. The normalized spacial score (nSPS) is 11.5. The summed E-state index contributed by atoms with van der Waals surface area (Å²) in [6.07, 6.45) is 5.47. The molecule has 0 saturated carbocycles. The molecule has 5 rings (SSSR count). The van der Waals surface area contributed by atoms with Crippen LogP contribution in [0.1, 0.15) is 22.3 Å². The van der Waals surface area contributed by atoms with Gasteiger partial charge < -0.3 is 14.9 Å². The van der Waals surface area contributed by atoms with Gasteiger partial charge in [0, 0.05) is 47.3 Å². The fourth-order valence-corrected chi connectivity index (χ4v) is 4.39. The van der Waals surface area contributed by atoms with Crippen LogP contribution in [0, 0.1) is 6.92 Å². The molecule has 0 spiro atoms. The van der Waals surface area contributed by atoms with Gasteiger partial charge >= 0.3 is 0 Å². The molecule has 0 aliphatic rings. The first-order chi connectivity index (χ1) is 14.8. The van der Waals surface area contributed by atoms with Crippen molar-refractivity contribution in [3.63, 3.8) is 0 Å². The van der Waals surface area contributed by atoms with Gasteiger partial charge in [-0.3, -0.25) is 0 Å². The number of rotatable bonds is 7. The molecule has 0 aliphatic heterocycles. The van der Waals surface area contributed by atoms with Crippen LogP contribution in [0.3, 0.4) is 0 Å². The van der Waals surface area contributed by atoms with E-state index in [0.29, 0.717) is 0 Å². The van der Waals surface area contributed by atoms with Crippen LogP contribution < -0.4 is 5.32 Å². The molecule has 3 nitrogen and oxygen atoms in total. The Labute approximate surface area is 177 Å². The van der Waals surface area contributed by atoms with Crippen molar-refractivity contribution in [2.75, 3.05) is 6.54 Å². The molecule has 2 heterocycles. The van der Waals surface area contributed by atoms with E-state index in [9.17, 15) is 0 Å². The highest BCUT2D eigenvalue weighted by Gasteiger charge is 2.09. The summed E-state index contributed by atoms with van der Waals surface area (Å²) in [7, 11) is 0.